The second kappa shape index (κ2) is 17.4. The molecule has 3 aromatic rings. The number of hydrogen-bond donors (Lipinski definition) is 1. The molecule has 0 saturated heterocycles. The molecular formula is C28H42N4O3S2. The summed E-state index contributed by atoms with van der Waals surface area (Å²) < 4.78 is 29.9. The number of ether oxygens (including phenoxy) is 1. The van der Waals surface area contributed by atoms with E-state index in [4.69, 9.17) is 4.74 Å². The van der Waals surface area contributed by atoms with E-state index in [1.54, 1.807) is 23.2 Å². The first kappa shape index (κ1) is 34.0. The smallest absolute Gasteiger partial charge is 0.214 e. The van der Waals surface area contributed by atoms with Gasteiger partial charge in [-0.05, 0) is 76.2 Å². The molecule has 0 aliphatic heterocycles. The number of nitrogens with zero attached hydrogens (tertiary/aromatic N) is 3. The minimum atomic E-state index is -2.94. The molecule has 0 spiro atoms. The van der Waals surface area contributed by atoms with Gasteiger partial charge in [-0.25, -0.2) is 13.1 Å². The van der Waals surface area contributed by atoms with E-state index in [-0.39, 0.29) is 17.3 Å². The van der Waals surface area contributed by atoms with Crippen LogP contribution in [0.5, 0.6) is 5.75 Å². The Kier molecular flexibility index (Phi) is 16.0. The molecule has 0 bridgehead atoms. The van der Waals surface area contributed by atoms with Crippen molar-refractivity contribution in [2.24, 2.45) is 0 Å². The molecule has 37 heavy (non-hydrogen) atoms. The lowest BCUT2D eigenvalue weighted by molar-refractivity contribution is 0.415. The molecule has 0 radical (unpaired) electrons. The van der Waals surface area contributed by atoms with E-state index in [0.29, 0.717) is 0 Å². The van der Waals surface area contributed by atoms with Crippen LogP contribution in [0.15, 0.2) is 80.6 Å². The van der Waals surface area contributed by atoms with E-state index in [9.17, 15) is 8.42 Å². The third kappa shape index (κ3) is 10.9. The highest BCUT2D eigenvalue weighted by molar-refractivity contribution is 7.90. The van der Waals surface area contributed by atoms with Crippen LogP contribution in [0.25, 0.3) is 22.5 Å². The monoisotopic (exact) mass is 546 g/mol. The molecule has 1 saturated carbocycles. The van der Waals surface area contributed by atoms with Gasteiger partial charge in [0.05, 0.1) is 18.4 Å². The first-order valence-electron chi connectivity index (χ1n) is 11.9. The molecule has 0 atom stereocenters. The van der Waals surface area contributed by atoms with Gasteiger partial charge in [0.25, 0.3) is 0 Å². The largest absolute Gasteiger partial charge is 0.497 e. The Morgan fingerprint density at radius 1 is 0.919 bits per heavy atom. The molecule has 9 heteroatoms. The predicted octanol–water partition coefficient (Wildman–Crippen LogP) is 7.15. The Morgan fingerprint density at radius 2 is 1.43 bits per heavy atom. The third-order valence-corrected chi connectivity index (χ3v) is 7.44. The summed E-state index contributed by atoms with van der Waals surface area (Å²) in [6, 6.07) is 10.3. The number of methoxy groups -OCH3 is 1. The van der Waals surface area contributed by atoms with Crippen LogP contribution >= 0.6 is 11.3 Å². The maximum Gasteiger partial charge on any atom is 0.214 e. The summed E-state index contributed by atoms with van der Waals surface area (Å²) >= 11 is 1.67. The molecule has 1 aromatic carbocycles. The van der Waals surface area contributed by atoms with E-state index < -0.39 is 10.0 Å². The second-order valence-corrected chi connectivity index (χ2v) is 10.8. The van der Waals surface area contributed by atoms with Crippen molar-refractivity contribution in [1.29, 1.82) is 0 Å². The van der Waals surface area contributed by atoms with E-state index in [1.807, 2.05) is 38.1 Å². The Bertz CT molecular complexity index is 1110. The molecule has 2 aromatic heterocycles. The van der Waals surface area contributed by atoms with Crippen molar-refractivity contribution in [2.75, 3.05) is 7.11 Å². The van der Waals surface area contributed by atoms with E-state index in [0.717, 1.165) is 41.1 Å². The van der Waals surface area contributed by atoms with Crippen molar-refractivity contribution < 1.29 is 13.2 Å². The van der Waals surface area contributed by atoms with Gasteiger partial charge in [-0.2, -0.15) is 26.3 Å². The van der Waals surface area contributed by atoms with Crippen LogP contribution in [-0.2, 0) is 10.0 Å². The van der Waals surface area contributed by atoms with Gasteiger partial charge < -0.3 is 4.74 Å². The van der Waals surface area contributed by atoms with Gasteiger partial charge >= 0.3 is 0 Å². The Morgan fingerprint density at radius 3 is 1.81 bits per heavy atom. The van der Waals surface area contributed by atoms with E-state index in [2.05, 4.69) is 85.1 Å². The van der Waals surface area contributed by atoms with Crippen molar-refractivity contribution in [3.63, 3.8) is 0 Å². The summed E-state index contributed by atoms with van der Waals surface area (Å²) in [4.78, 5) is 1.77. The Hall–Kier alpha value is -3.01. The van der Waals surface area contributed by atoms with Crippen LogP contribution in [0.4, 0.5) is 0 Å². The van der Waals surface area contributed by atoms with Gasteiger partial charge in [-0.3, -0.25) is 0 Å². The Labute approximate surface area is 227 Å². The molecule has 1 N–H and O–H groups in total. The number of benzene rings is 1. The first-order valence-corrected chi connectivity index (χ1v) is 14.3. The molecule has 1 fully saturated rings. The molecule has 0 amide bonds. The minimum Gasteiger partial charge on any atom is -0.497 e. The maximum absolute atomic E-state index is 11.1. The topological polar surface area (TPSA) is 86.1 Å². The lowest BCUT2D eigenvalue weighted by Gasteiger charge is -2.07. The summed E-state index contributed by atoms with van der Waals surface area (Å²) in [5.41, 5.74) is 3.99. The van der Waals surface area contributed by atoms with Crippen molar-refractivity contribution in [3.05, 3.63) is 80.6 Å². The average molecular weight is 547 g/mol. The van der Waals surface area contributed by atoms with Crippen LogP contribution in [0.3, 0.4) is 0 Å². The summed E-state index contributed by atoms with van der Waals surface area (Å²) in [5.74, 6) is 0.840. The number of sulfonamides is 1. The zero-order valence-electron chi connectivity index (χ0n) is 22.8. The SMILES string of the molecule is C=C.C=C.C=C.CC(C)NS(=O)(=O)C1CC1.COc1ccc(-c2nn(C(C)C)nc2-c2ccsc2)cc1. The zero-order valence-corrected chi connectivity index (χ0v) is 24.4. The van der Waals surface area contributed by atoms with Crippen molar-refractivity contribution in [3.8, 4) is 28.3 Å². The van der Waals surface area contributed by atoms with Gasteiger partial charge in [-0.1, -0.05) is 0 Å². The minimum absolute atomic E-state index is 0.0330. The standard InChI is InChI=1S/C16H17N3OS.C6H13NO2S.3C2H4/c1-11(2)19-17-15(12-4-6-14(20-3)7-5-12)16(18-19)13-8-9-21-10-13;1-5(2)7-10(8,9)6-3-4-6;3*1-2/h4-11H,1-3H3;5-7H,3-4H2,1-2H3;3*1-2H2. The summed E-state index contributed by atoms with van der Waals surface area (Å²) in [6.45, 7) is 25.8. The Balaban J connectivity index is 0.000000682. The van der Waals surface area contributed by atoms with Crippen LogP contribution in [0.1, 0.15) is 46.6 Å². The normalized spacial score (nSPS) is 12.0. The number of aromatic nitrogens is 3. The van der Waals surface area contributed by atoms with Gasteiger partial charge in [0.2, 0.25) is 10.0 Å². The number of nitrogens with one attached hydrogen (secondary N) is 1. The van der Waals surface area contributed by atoms with Crippen molar-refractivity contribution >= 4 is 21.4 Å². The second-order valence-electron chi connectivity index (χ2n) is 8.07. The van der Waals surface area contributed by atoms with Crippen molar-refractivity contribution in [1.82, 2.24) is 19.7 Å². The van der Waals surface area contributed by atoms with Crippen LogP contribution < -0.4 is 9.46 Å². The van der Waals surface area contributed by atoms with Gasteiger partial charge in [-0.15, -0.1) is 39.5 Å². The molecule has 1 aliphatic carbocycles. The lowest BCUT2D eigenvalue weighted by atomic mass is 10.1. The average Bonchev–Trinajstić information content (AvgIpc) is 3.47. The number of hydrogen-bond acceptors (Lipinski definition) is 6. The van der Waals surface area contributed by atoms with Crippen LogP contribution in [-0.4, -0.2) is 41.8 Å². The molecule has 7 nitrogen and oxygen atoms in total. The highest BCUT2D eigenvalue weighted by Crippen LogP contribution is 2.32. The summed E-state index contributed by atoms with van der Waals surface area (Å²) in [5, 5.41) is 13.4. The first-order chi connectivity index (χ1) is 17.7. The van der Waals surface area contributed by atoms with Gasteiger partial charge in [0.1, 0.15) is 17.1 Å². The van der Waals surface area contributed by atoms with Crippen LogP contribution in [0.2, 0.25) is 0 Å². The highest BCUT2D eigenvalue weighted by atomic mass is 32.2. The third-order valence-electron chi connectivity index (χ3n) is 4.61. The maximum atomic E-state index is 11.1. The van der Waals surface area contributed by atoms with Gasteiger partial charge in [0.15, 0.2) is 0 Å². The predicted molar refractivity (Wildman–Crippen MR) is 160 cm³/mol. The van der Waals surface area contributed by atoms with Crippen molar-refractivity contribution in [2.45, 2.75) is 57.9 Å². The lowest BCUT2D eigenvalue weighted by Crippen LogP contribution is -2.32. The van der Waals surface area contributed by atoms with E-state index in [1.165, 1.54) is 0 Å². The molecule has 2 heterocycles. The molecule has 204 valence electrons. The zero-order chi connectivity index (χ0) is 28.6. The summed E-state index contributed by atoms with van der Waals surface area (Å²) in [6.07, 6.45) is 1.67. The van der Waals surface area contributed by atoms with Crippen LogP contribution in [0, 0.1) is 0 Å². The summed E-state index contributed by atoms with van der Waals surface area (Å²) in [7, 11) is -1.27. The number of thiophene rings is 1. The molecule has 1 aliphatic rings. The van der Waals surface area contributed by atoms with Gasteiger partial charge in [0, 0.05) is 22.5 Å². The highest BCUT2D eigenvalue weighted by Gasteiger charge is 2.35. The quantitative estimate of drug-likeness (QED) is 0.318. The molecule has 4 rings (SSSR count). The fourth-order valence-electron chi connectivity index (χ4n) is 2.89. The fraction of sp³-hybridized carbons (Fsp3) is 0.357. The number of rotatable bonds is 7. The fourth-order valence-corrected chi connectivity index (χ4v) is 5.14. The molecule has 0 unspecified atom stereocenters. The molecular weight excluding hydrogens is 504 g/mol. The van der Waals surface area contributed by atoms with E-state index >= 15 is 0 Å².